The molecule has 1 heterocycles. The van der Waals surface area contributed by atoms with Crippen molar-refractivity contribution < 1.29 is 9.59 Å². The van der Waals surface area contributed by atoms with Crippen molar-refractivity contribution in [1.29, 1.82) is 10.5 Å². The van der Waals surface area contributed by atoms with Crippen molar-refractivity contribution in [3.8, 4) is 12.1 Å². The Labute approximate surface area is 109 Å². The largest absolute Gasteiger partial charge is 0.294 e. The Morgan fingerprint density at radius 3 is 2.05 bits per heavy atom. The molecule has 0 bridgehead atoms. The van der Waals surface area contributed by atoms with Crippen LogP contribution in [0.3, 0.4) is 0 Å². The van der Waals surface area contributed by atoms with E-state index in [2.05, 4.69) is 5.32 Å². The van der Waals surface area contributed by atoms with Gasteiger partial charge in [0.2, 0.25) is 11.8 Å². The number of rotatable bonds is 2. The summed E-state index contributed by atoms with van der Waals surface area (Å²) in [4.78, 5) is 23.7. The van der Waals surface area contributed by atoms with Crippen molar-refractivity contribution in [1.82, 2.24) is 5.32 Å². The molecule has 2 aliphatic rings. The maximum atomic E-state index is 11.8. The quantitative estimate of drug-likeness (QED) is 0.776. The first-order valence-corrected chi connectivity index (χ1v) is 5.86. The second-order valence-electron chi connectivity index (χ2n) is 4.87. The van der Waals surface area contributed by atoms with E-state index in [0.29, 0.717) is 6.42 Å². The molecule has 19 heavy (non-hydrogen) atoms. The standard InChI is InChI=1S/C14H9N3O2/c15-7-13-10(6-9-4-2-1-3-5-9)14(13,8-16)12(19)17-11(13)18/h1-5,10H,6H2,(H,17,18,19)/t10?,13-,14+. The molecular weight excluding hydrogens is 242 g/mol. The first kappa shape index (κ1) is 11.4. The third-order valence-electron chi connectivity index (χ3n) is 4.16. The Bertz CT molecular complexity index is 632. The second kappa shape index (κ2) is 3.43. The van der Waals surface area contributed by atoms with E-state index in [1.54, 1.807) is 0 Å². The summed E-state index contributed by atoms with van der Waals surface area (Å²) >= 11 is 0. The maximum Gasteiger partial charge on any atom is 0.249 e. The van der Waals surface area contributed by atoms with Crippen LogP contribution in [0.2, 0.25) is 0 Å². The van der Waals surface area contributed by atoms with Crippen LogP contribution in [0.25, 0.3) is 0 Å². The summed E-state index contributed by atoms with van der Waals surface area (Å²) in [7, 11) is 0. The fourth-order valence-electron chi connectivity index (χ4n) is 3.12. The van der Waals surface area contributed by atoms with Crippen LogP contribution in [-0.4, -0.2) is 11.8 Å². The van der Waals surface area contributed by atoms with Gasteiger partial charge in [-0.2, -0.15) is 10.5 Å². The molecule has 0 radical (unpaired) electrons. The van der Waals surface area contributed by atoms with Crippen molar-refractivity contribution >= 4 is 11.8 Å². The van der Waals surface area contributed by atoms with Gasteiger partial charge >= 0.3 is 0 Å². The van der Waals surface area contributed by atoms with Crippen LogP contribution in [0.4, 0.5) is 0 Å². The average molecular weight is 251 g/mol. The third-order valence-corrected chi connectivity index (χ3v) is 4.16. The van der Waals surface area contributed by atoms with Crippen LogP contribution in [-0.2, 0) is 16.0 Å². The molecule has 1 aromatic carbocycles. The molecule has 5 heteroatoms. The number of hydrogen-bond acceptors (Lipinski definition) is 4. The Kier molecular flexibility index (Phi) is 2.06. The first-order valence-electron chi connectivity index (χ1n) is 5.86. The fourth-order valence-corrected chi connectivity index (χ4v) is 3.12. The van der Waals surface area contributed by atoms with Gasteiger partial charge in [-0.15, -0.1) is 0 Å². The lowest BCUT2D eigenvalue weighted by Crippen LogP contribution is -2.32. The molecule has 2 fully saturated rings. The molecule has 92 valence electrons. The first-order chi connectivity index (χ1) is 9.13. The lowest BCUT2D eigenvalue weighted by Gasteiger charge is -2.06. The Balaban J connectivity index is 2.02. The van der Waals surface area contributed by atoms with E-state index in [4.69, 9.17) is 0 Å². The summed E-state index contributed by atoms with van der Waals surface area (Å²) in [5.74, 6) is -1.83. The van der Waals surface area contributed by atoms with Crippen LogP contribution >= 0.6 is 0 Å². The van der Waals surface area contributed by atoms with E-state index < -0.39 is 28.6 Å². The Morgan fingerprint density at radius 1 is 1.05 bits per heavy atom. The van der Waals surface area contributed by atoms with E-state index in [1.165, 1.54) is 0 Å². The maximum absolute atomic E-state index is 11.8. The summed E-state index contributed by atoms with van der Waals surface area (Å²) in [5.41, 5.74) is -2.10. The van der Waals surface area contributed by atoms with E-state index in [0.717, 1.165) is 5.56 Å². The molecule has 1 aliphatic heterocycles. The lowest BCUT2D eigenvalue weighted by atomic mass is 9.98. The highest BCUT2D eigenvalue weighted by molar-refractivity contribution is 6.18. The van der Waals surface area contributed by atoms with Crippen LogP contribution in [0.15, 0.2) is 30.3 Å². The predicted octanol–water partition coefficient (Wildman–Crippen LogP) is 0.535. The number of hydrogen-bond donors (Lipinski definition) is 1. The molecule has 1 saturated heterocycles. The molecular formula is C14H9N3O2. The summed E-state index contributed by atoms with van der Waals surface area (Å²) in [5, 5.41) is 20.7. The molecule has 0 spiro atoms. The number of fused-ring (bicyclic) bond motifs is 1. The number of carbonyl (C=O) groups is 2. The smallest absolute Gasteiger partial charge is 0.249 e. The summed E-state index contributed by atoms with van der Waals surface area (Å²) in [6.07, 6.45) is 0.376. The summed E-state index contributed by atoms with van der Waals surface area (Å²) in [6, 6.07) is 13.0. The minimum atomic E-state index is -1.51. The fraction of sp³-hybridized carbons (Fsp3) is 0.286. The summed E-state index contributed by atoms with van der Waals surface area (Å²) in [6.45, 7) is 0. The summed E-state index contributed by atoms with van der Waals surface area (Å²) < 4.78 is 0. The van der Waals surface area contributed by atoms with Crippen molar-refractivity contribution in [3.63, 3.8) is 0 Å². The van der Waals surface area contributed by atoms with Crippen LogP contribution in [0.5, 0.6) is 0 Å². The van der Waals surface area contributed by atoms with Gasteiger partial charge in [0.25, 0.3) is 0 Å². The van der Waals surface area contributed by atoms with Gasteiger partial charge in [0.1, 0.15) is 0 Å². The molecule has 1 aliphatic carbocycles. The van der Waals surface area contributed by atoms with E-state index in [1.807, 2.05) is 42.5 Å². The second-order valence-corrected chi connectivity index (χ2v) is 4.87. The number of imide groups is 1. The molecule has 1 saturated carbocycles. The minimum absolute atomic E-state index is 0.376. The zero-order valence-electron chi connectivity index (χ0n) is 9.88. The predicted molar refractivity (Wildman–Crippen MR) is 62.9 cm³/mol. The van der Waals surface area contributed by atoms with Crippen molar-refractivity contribution in [3.05, 3.63) is 35.9 Å². The molecule has 2 amide bonds. The van der Waals surface area contributed by atoms with Gasteiger partial charge in [-0.25, -0.2) is 0 Å². The average Bonchev–Trinajstić information content (AvgIpc) is 2.94. The highest BCUT2D eigenvalue weighted by Crippen LogP contribution is 2.72. The monoisotopic (exact) mass is 251 g/mol. The van der Waals surface area contributed by atoms with Gasteiger partial charge in [0.05, 0.1) is 12.1 Å². The molecule has 3 rings (SSSR count). The van der Waals surface area contributed by atoms with E-state index in [-0.39, 0.29) is 0 Å². The number of benzene rings is 1. The van der Waals surface area contributed by atoms with Gasteiger partial charge in [-0.3, -0.25) is 14.9 Å². The van der Waals surface area contributed by atoms with Crippen molar-refractivity contribution in [2.75, 3.05) is 0 Å². The van der Waals surface area contributed by atoms with E-state index >= 15 is 0 Å². The van der Waals surface area contributed by atoms with Gasteiger partial charge in [-0.05, 0) is 12.0 Å². The zero-order chi connectivity index (χ0) is 13.7. The molecule has 3 atom stereocenters. The minimum Gasteiger partial charge on any atom is -0.294 e. The number of amides is 2. The Hall–Kier alpha value is -2.66. The number of piperidine rings is 1. The van der Waals surface area contributed by atoms with E-state index in [9.17, 15) is 20.1 Å². The zero-order valence-corrected chi connectivity index (χ0v) is 9.88. The third kappa shape index (κ3) is 1.08. The molecule has 5 nitrogen and oxygen atoms in total. The number of nitriles is 2. The number of carbonyl (C=O) groups excluding carboxylic acids is 2. The highest BCUT2D eigenvalue weighted by Gasteiger charge is 2.89. The SMILES string of the molecule is N#C[C@@]12C(=O)NC(=O)[C@]1(C#N)C2Cc1ccccc1. The van der Waals surface area contributed by atoms with Crippen molar-refractivity contribution in [2.45, 2.75) is 6.42 Å². The number of nitrogens with zero attached hydrogens (tertiary/aromatic N) is 2. The van der Waals surface area contributed by atoms with Gasteiger partial charge in [0.15, 0.2) is 10.8 Å². The number of nitrogens with one attached hydrogen (secondary N) is 1. The van der Waals surface area contributed by atoms with Gasteiger partial charge < -0.3 is 0 Å². The van der Waals surface area contributed by atoms with Crippen LogP contribution in [0, 0.1) is 39.4 Å². The molecule has 1 unspecified atom stereocenters. The van der Waals surface area contributed by atoms with Gasteiger partial charge in [0, 0.05) is 5.92 Å². The lowest BCUT2D eigenvalue weighted by molar-refractivity contribution is -0.129. The molecule has 1 aromatic rings. The molecule has 0 aromatic heterocycles. The molecule has 1 N–H and O–H groups in total. The van der Waals surface area contributed by atoms with Crippen LogP contribution in [0.1, 0.15) is 5.56 Å². The van der Waals surface area contributed by atoms with Crippen molar-refractivity contribution in [2.24, 2.45) is 16.7 Å². The normalized spacial score (nSPS) is 34.9. The highest BCUT2D eigenvalue weighted by atomic mass is 16.2. The van der Waals surface area contributed by atoms with Gasteiger partial charge in [-0.1, -0.05) is 30.3 Å². The Morgan fingerprint density at radius 2 is 1.58 bits per heavy atom. The van der Waals surface area contributed by atoms with Crippen LogP contribution < -0.4 is 5.32 Å². The topological polar surface area (TPSA) is 93.8 Å².